The molecule has 25 heavy (non-hydrogen) atoms. The molecule has 0 N–H and O–H groups in total. The maximum atomic E-state index is 12.9. The number of thiophene rings is 1. The van der Waals surface area contributed by atoms with Crippen molar-refractivity contribution in [3.8, 4) is 0 Å². The van der Waals surface area contributed by atoms with E-state index in [1.807, 2.05) is 33.4 Å². The first-order valence-corrected chi connectivity index (χ1v) is 9.81. The fourth-order valence-corrected chi connectivity index (χ4v) is 4.45. The molecule has 0 saturated carbocycles. The van der Waals surface area contributed by atoms with Crippen LogP contribution in [0.25, 0.3) is 6.08 Å². The monoisotopic (exact) mass is 362 g/mol. The summed E-state index contributed by atoms with van der Waals surface area (Å²) in [5.41, 5.74) is -0.264. The summed E-state index contributed by atoms with van der Waals surface area (Å²) in [5.74, 6) is 0.305. The number of hydrogen-bond acceptors (Lipinski definition) is 4. The van der Waals surface area contributed by atoms with E-state index in [0.29, 0.717) is 26.2 Å². The molecule has 0 bridgehead atoms. The van der Waals surface area contributed by atoms with Gasteiger partial charge in [0.25, 0.3) is 0 Å². The van der Waals surface area contributed by atoms with Gasteiger partial charge in [-0.3, -0.25) is 9.59 Å². The van der Waals surface area contributed by atoms with E-state index in [-0.39, 0.29) is 17.2 Å². The molecule has 2 fully saturated rings. The average Bonchev–Trinajstić information content (AvgIpc) is 3.15. The average molecular weight is 362 g/mol. The van der Waals surface area contributed by atoms with Gasteiger partial charge in [-0.15, -0.1) is 11.3 Å². The number of rotatable bonds is 5. The molecule has 2 aliphatic rings. The van der Waals surface area contributed by atoms with Crippen LogP contribution in [0.4, 0.5) is 0 Å². The molecule has 1 aromatic heterocycles. The van der Waals surface area contributed by atoms with Crippen molar-refractivity contribution in [3.05, 3.63) is 28.5 Å². The van der Waals surface area contributed by atoms with Crippen LogP contribution >= 0.6 is 11.3 Å². The third kappa shape index (κ3) is 4.12. The molecule has 2 amide bonds. The summed E-state index contributed by atoms with van der Waals surface area (Å²) >= 11 is 1.62. The SMILES string of the molecule is COCCN1CCCC2(CCN(C(=O)/C=C/c3cccs3)CC2)C1=O. The molecule has 0 unspecified atom stereocenters. The van der Waals surface area contributed by atoms with E-state index in [1.165, 1.54) is 0 Å². The first-order valence-electron chi connectivity index (χ1n) is 8.93. The molecule has 3 heterocycles. The molecule has 6 heteroatoms. The van der Waals surface area contributed by atoms with Crippen molar-refractivity contribution in [1.29, 1.82) is 0 Å². The number of amides is 2. The van der Waals surface area contributed by atoms with Gasteiger partial charge in [0.2, 0.25) is 11.8 Å². The Bertz CT molecular complexity index is 619. The third-order valence-electron chi connectivity index (χ3n) is 5.36. The van der Waals surface area contributed by atoms with Gasteiger partial charge >= 0.3 is 0 Å². The van der Waals surface area contributed by atoms with E-state index >= 15 is 0 Å². The van der Waals surface area contributed by atoms with E-state index in [1.54, 1.807) is 24.5 Å². The minimum Gasteiger partial charge on any atom is -0.383 e. The number of methoxy groups -OCH3 is 1. The molecular formula is C19H26N2O3S. The Kier molecular flexibility index (Phi) is 5.91. The van der Waals surface area contributed by atoms with E-state index in [0.717, 1.165) is 37.1 Å². The van der Waals surface area contributed by atoms with Crippen molar-refractivity contribution in [2.75, 3.05) is 39.9 Å². The second-order valence-corrected chi connectivity index (χ2v) is 7.82. The third-order valence-corrected chi connectivity index (χ3v) is 6.19. The Labute approximate surface area is 153 Å². The van der Waals surface area contributed by atoms with Crippen LogP contribution in [-0.4, -0.2) is 61.5 Å². The molecule has 136 valence electrons. The molecule has 3 rings (SSSR count). The maximum absolute atomic E-state index is 12.9. The minimum atomic E-state index is -0.264. The lowest BCUT2D eigenvalue weighted by atomic mass is 9.71. The standard InChI is InChI=1S/C19H26N2O3S/c1-24-14-13-21-10-3-7-19(18(21)23)8-11-20(12-9-19)17(22)6-5-16-4-2-15-25-16/h2,4-6,15H,3,7-14H2,1H3/b6-5+. The zero-order chi connectivity index (χ0) is 17.7. The van der Waals surface area contributed by atoms with E-state index < -0.39 is 0 Å². The number of likely N-dealkylation sites (tertiary alicyclic amines) is 2. The number of piperidine rings is 2. The number of nitrogens with zero attached hydrogens (tertiary/aromatic N) is 2. The molecule has 0 aliphatic carbocycles. The second-order valence-electron chi connectivity index (χ2n) is 6.84. The normalized spacial score (nSPS) is 20.6. The van der Waals surface area contributed by atoms with E-state index in [2.05, 4.69) is 0 Å². The zero-order valence-electron chi connectivity index (χ0n) is 14.8. The van der Waals surface area contributed by atoms with Crippen LogP contribution in [0.2, 0.25) is 0 Å². The Morgan fingerprint density at radius 2 is 2.12 bits per heavy atom. The summed E-state index contributed by atoms with van der Waals surface area (Å²) in [6.45, 7) is 3.41. The van der Waals surface area contributed by atoms with Crippen LogP contribution in [0, 0.1) is 5.41 Å². The van der Waals surface area contributed by atoms with Crippen LogP contribution in [-0.2, 0) is 14.3 Å². The summed E-state index contributed by atoms with van der Waals surface area (Å²) in [4.78, 5) is 30.2. The smallest absolute Gasteiger partial charge is 0.246 e. The summed E-state index contributed by atoms with van der Waals surface area (Å²) in [7, 11) is 1.66. The fourth-order valence-electron chi connectivity index (χ4n) is 3.83. The van der Waals surface area contributed by atoms with Gasteiger partial charge in [-0.05, 0) is 43.2 Å². The highest BCUT2D eigenvalue weighted by atomic mass is 32.1. The summed E-state index contributed by atoms with van der Waals surface area (Å²) in [6.07, 6.45) is 7.05. The van der Waals surface area contributed by atoms with Crippen LogP contribution in [0.15, 0.2) is 23.6 Å². The predicted molar refractivity (Wildman–Crippen MR) is 99.3 cm³/mol. The lowest BCUT2D eigenvalue weighted by Gasteiger charge is -2.46. The van der Waals surface area contributed by atoms with Crippen molar-refractivity contribution in [2.45, 2.75) is 25.7 Å². The van der Waals surface area contributed by atoms with Crippen molar-refractivity contribution in [3.63, 3.8) is 0 Å². The van der Waals surface area contributed by atoms with E-state index in [9.17, 15) is 9.59 Å². The van der Waals surface area contributed by atoms with Crippen LogP contribution in [0.1, 0.15) is 30.6 Å². The van der Waals surface area contributed by atoms with Crippen molar-refractivity contribution >= 4 is 29.2 Å². The fraction of sp³-hybridized carbons (Fsp3) is 0.579. The van der Waals surface area contributed by atoms with Gasteiger partial charge in [-0.1, -0.05) is 6.07 Å². The van der Waals surface area contributed by atoms with Gasteiger partial charge in [0.05, 0.1) is 12.0 Å². The second kappa shape index (κ2) is 8.15. The minimum absolute atomic E-state index is 0.0442. The molecule has 2 saturated heterocycles. The highest BCUT2D eigenvalue weighted by molar-refractivity contribution is 7.10. The number of carbonyl (C=O) groups is 2. The largest absolute Gasteiger partial charge is 0.383 e. The summed E-state index contributed by atoms with van der Waals surface area (Å²) < 4.78 is 5.12. The van der Waals surface area contributed by atoms with Crippen LogP contribution < -0.4 is 0 Å². The highest BCUT2D eigenvalue weighted by Gasteiger charge is 2.45. The molecule has 1 spiro atoms. The first-order chi connectivity index (χ1) is 12.1. The quantitative estimate of drug-likeness (QED) is 0.757. The molecule has 0 radical (unpaired) electrons. The summed E-state index contributed by atoms with van der Waals surface area (Å²) in [5, 5.41) is 2.00. The molecule has 1 aromatic rings. The molecule has 0 atom stereocenters. The van der Waals surface area contributed by atoms with Gasteiger partial charge in [-0.2, -0.15) is 0 Å². The lowest BCUT2D eigenvalue weighted by molar-refractivity contribution is -0.152. The zero-order valence-corrected chi connectivity index (χ0v) is 15.6. The van der Waals surface area contributed by atoms with E-state index in [4.69, 9.17) is 4.74 Å². The topological polar surface area (TPSA) is 49.9 Å². The number of ether oxygens (including phenoxy) is 1. The Morgan fingerprint density at radius 1 is 1.32 bits per heavy atom. The number of carbonyl (C=O) groups excluding carboxylic acids is 2. The highest BCUT2D eigenvalue weighted by Crippen LogP contribution is 2.40. The Morgan fingerprint density at radius 3 is 2.80 bits per heavy atom. The van der Waals surface area contributed by atoms with Crippen molar-refractivity contribution in [2.24, 2.45) is 5.41 Å². The summed E-state index contributed by atoms with van der Waals surface area (Å²) in [6, 6.07) is 3.97. The van der Waals surface area contributed by atoms with Gasteiger partial charge in [0.15, 0.2) is 0 Å². The predicted octanol–water partition coefficient (Wildman–Crippen LogP) is 2.64. The van der Waals surface area contributed by atoms with Gasteiger partial charge in [-0.25, -0.2) is 0 Å². The first kappa shape index (κ1) is 18.1. The van der Waals surface area contributed by atoms with Gasteiger partial charge < -0.3 is 14.5 Å². The molecule has 2 aliphatic heterocycles. The van der Waals surface area contributed by atoms with Crippen LogP contribution in [0.5, 0.6) is 0 Å². The maximum Gasteiger partial charge on any atom is 0.246 e. The molecule has 5 nitrogen and oxygen atoms in total. The lowest BCUT2D eigenvalue weighted by Crippen LogP contribution is -2.54. The van der Waals surface area contributed by atoms with Gasteiger partial charge in [0.1, 0.15) is 0 Å². The number of hydrogen-bond donors (Lipinski definition) is 0. The van der Waals surface area contributed by atoms with Gasteiger partial charge in [0, 0.05) is 44.2 Å². The molecule has 0 aromatic carbocycles. The van der Waals surface area contributed by atoms with Crippen molar-refractivity contribution in [1.82, 2.24) is 9.80 Å². The Balaban J connectivity index is 1.57. The molecular weight excluding hydrogens is 336 g/mol. The Hall–Kier alpha value is -1.66. The van der Waals surface area contributed by atoms with Crippen molar-refractivity contribution < 1.29 is 14.3 Å². The van der Waals surface area contributed by atoms with Crippen LogP contribution in [0.3, 0.4) is 0 Å².